The molecule has 0 aliphatic carbocycles. The van der Waals surface area contributed by atoms with Crippen molar-refractivity contribution in [1.29, 1.82) is 0 Å². The van der Waals surface area contributed by atoms with E-state index < -0.39 is 28.1 Å². The van der Waals surface area contributed by atoms with E-state index in [-0.39, 0.29) is 19.3 Å². The highest BCUT2D eigenvalue weighted by atomic mass is 32.2. The first-order chi connectivity index (χ1) is 11.1. The normalized spacial score (nSPS) is 14.6. The van der Waals surface area contributed by atoms with E-state index in [1.807, 2.05) is 19.9 Å². The van der Waals surface area contributed by atoms with Crippen LogP contribution in [0.15, 0.2) is 30.3 Å². The largest absolute Gasteiger partial charge is 0.461 e. The average molecular weight is 358 g/mol. The number of nitrogens with zero attached hydrogens (tertiary/aromatic N) is 1. The quantitative estimate of drug-likeness (QED) is 0.659. The van der Waals surface area contributed by atoms with E-state index in [4.69, 9.17) is 15.2 Å². The fourth-order valence-corrected chi connectivity index (χ4v) is 2.44. The lowest BCUT2D eigenvalue weighted by atomic mass is 10.1. The predicted octanol–water partition coefficient (Wildman–Crippen LogP) is 0.915. The zero-order chi connectivity index (χ0) is 18.3. The van der Waals surface area contributed by atoms with Crippen LogP contribution in [0, 0.1) is 0 Å². The Balaban J connectivity index is 2.65. The molecule has 0 aliphatic rings. The SMILES string of the molecule is CC(C)O[C@H](COC(=O)[C@@H](N)c1ccccc1)CN(C)S(C)(=O)=O. The molecule has 0 aliphatic heterocycles. The Morgan fingerprint density at radius 1 is 1.25 bits per heavy atom. The van der Waals surface area contributed by atoms with E-state index >= 15 is 0 Å². The summed E-state index contributed by atoms with van der Waals surface area (Å²) in [5.41, 5.74) is 6.52. The number of hydrogen-bond acceptors (Lipinski definition) is 6. The summed E-state index contributed by atoms with van der Waals surface area (Å²) in [6.07, 6.45) is 0.401. The Bertz CT molecular complexity index is 619. The Hall–Kier alpha value is -1.48. The van der Waals surface area contributed by atoms with Crippen LogP contribution in [0.2, 0.25) is 0 Å². The minimum absolute atomic E-state index is 0.0720. The Kier molecular flexibility index (Phi) is 7.82. The van der Waals surface area contributed by atoms with Crippen LogP contribution in [0.3, 0.4) is 0 Å². The minimum atomic E-state index is -3.34. The first-order valence-corrected chi connectivity index (χ1v) is 9.50. The lowest BCUT2D eigenvalue weighted by Gasteiger charge is -2.25. The fraction of sp³-hybridized carbons (Fsp3) is 0.562. The summed E-state index contributed by atoms with van der Waals surface area (Å²) in [6, 6.07) is 7.99. The van der Waals surface area contributed by atoms with Crippen LogP contribution in [0.25, 0.3) is 0 Å². The maximum atomic E-state index is 12.1. The lowest BCUT2D eigenvalue weighted by molar-refractivity contribution is -0.151. The van der Waals surface area contributed by atoms with E-state index in [1.54, 1.807) is 24.3 Å². The average Bonchev–Trinajstić information content (AvgIpc) is 2.50. The van der Waals surface area contributed by atoms with Crippen molar-refractivity contribution in [2.24, 2.45) is 5.73 Å². The van der Waals surface area contributed by atoms with E-state index in [1.165, 1.54) is 7.05 Å². The summed E-state index contributed by atoms with van der Waals surface area (Å²) in [7, 11) is -1.90. The van der Waals surface area contributed by atoms with Gasteiger partial charge in [0.1, 0.15) is 18.8 Å². The molecular formula is C16H26N2O5S. The third-order valence-corrected chi connectivity index (χ3v) is 4.60. The Morgan fingerprint density at radius 3 is 2.33 bits per heavy atom. The lowest BCUT2D eigenvalue weighted by Crippen LogP contribution is -2.39. The molecule has 0 bridgehead atoms. The first kappa shape index (κ1) is 20.6. The number of likely N-dealkylation sites (N-methyl/N-ethyl adjacent to an activating group) is 1. The molecule has 0 aromatic heterocycles. The van der Waals surface area contributed by atoms with Crippen molar-refractivity contribution in [2.45, 2.75) is 32.1 Å². The number of carbonyl (C=O) groups is 1. The molecule has 1 aromatic carbocycles. The van der Waals surface area contributed by atoms with Crippen molar-refractivity contribution in [3.05, 3.63) is 35.9 Å². The first-order valence-electron chi connectivity index (χ1n) is 7.65. The van der Waals surface area contributed by atoms with Crippen molar-refractivity contribution in [3.63, 3.8) is 0 Å². The third-order valence-electron chi connectivity index (χ3n) is 3.32. The molecule has 1 rings (SSSR count). The number of nitrogens with two attached hydrogens (primary N) is 1. The number of rotatable bonds is 9. The smallest absolute Gasteiger partial charge is 0.327 e. The molecule has 0 saturated carbocycles. The van der Waals surface area contributed by atoms with Gasteiger partial charge < -0.3 is 15.2 Å². The summed E-state index contributed by atoms with van der Waals surface area (Å²) in [4.78, 5) is 12.1. The summed E-state index contributed by atoms with van der Waals surface area (Å²) < 4.78 is 35.1. The molecule has 0 heterocycles. The van der Waals surface area contributed by atoms with Gasteiger partial charge in [0.15, 0.2) is 0 Å². The standard InChI is InChI=1S/C16H26N2O5S/c1-12(2)23-14(10-18(3)24(4,20)21)11-22-16(19)15(17)13-8-6-5-7-9-13/h5-9,12,14-15H,10-11,17H2,1-4H3/t14-,15-/m0/s1. The molecule has 1 aromatic rings. The zero-order valence-corrected chi connectivity index (χ0v) is 15.3. The van der Waals surface area contributed by atoms with Gasteiger partial charge in [-0.1, -0.05) is 30.3 Å². The van der Waals surface area contributed by atoms with Crippen molar-refractivity contribution in [1.82, 2.24) is 4.31 Å². The number of hydrogen-bond donors (Lipinski definition) is 1. The van der Waals surface area contributed by atoms with Crippen molar-refractivity contribution >= 4 is 16.0 Å². The van der Waals surface area contributed by atoms with Crippen LogP contribution in [0.4, 0.5) is 0 Å². The maximum Gasteiger partial charge on any atom is 0.327 e. The van der Waals surface area contributed by atoms with Crippen LogP contribution in [-0.4, -0.2) is 57.4 Å². The van der Waals surface area contributed by atoms with Gasteiger partial charge in [-0.05, 0) is 19.4 Å². The van der Waals surface area contributed by atoms with E-state index in [0.717, 1.165) is 10.6 Å². The second kappa shape index (κ2) is 9.12. The number of sulfonamides is 1. The predicted molar refractivity (Wildman–Crippen MR) is 91.8 cm³/mol. The van der Waals surface area contributed by atoms with Crippen molar-refractivity contribution in [3.8, 4) is 0 Å². The number of carbonyl (C=O) groups excluding carboxylic acids is 1. The van der Waals surface area contributed by atoms with E-state index in [2.05, 4.69) is 0 Å². The highest BCUT2D eigenvalue weighted by Crippen LogP contribution is 2.12. The van der Waals surface area contributed by atoms with Gasteiger partial charge in [-0.25, -0.2) is 17.5 Å². The maximum absolute atomic E-state index is 12.1. The summed E-state index contributed by atoms with van der Waals surface area (Å²) in [5.74, 6) is -0.583. The van der Waals surface area contributed by atoms with Crippen LogP contribution >= 0.6 is 0 Å². The molecule has 136 valence electrons. The molecule has 0 amide bonds. The van der Waals surface area contributed by atoms with Gasteiger partial charge in [0.2, 0.25) is 10.0 Å². The minimum Gasteiger partial charge on any atom is -0.461 e. The van der Waals surface area contributed by atoms with E-state index in [0.29, 0.717) is 5.56 Å². The molecule has 2 N–H and O–H groups in total. The summed E-state index contributed by atoms with van der Waals surface area (Å²) in [6.45, 7) is 3.66. The van der Waals surface area contributed by atoms with Gasteiger partial charge in [-0.15, -0.1) is 0 Å². The summed E-state index contributed by atoms with van der Waals surface area (Å²) in [5, 5.41) is 0. The number of ether oxygens (including phenoxy) is 2. The molecule has 24 heavy (non-hydrogen) atoms. The second-order valence-corrected chi connectivity index (χ2v) is 7.96. The number of esters is 1. The monoisotopic (exact) mass is 358 g/mol. The van der Waals surface area contributed by atoms with Gasteiger partial charge in [-0.2, -0.15) is 0 Å². The van der Waals surface area contributed by atoms with E-state index in [9.17, 15) is 13.2 Å². The zero-order valence-electron chi connectivity index (χ0n) is 14.5. The number of benzene rings is 1. The summed E-state index contributed by atoms with van der Waals surface area (Å²) >= 11 is 0. The van der Waals surface area contributed by atoms with Gasteiger partial charge in [0, 0.05) is 13.6 Å². The van der Waals surface area contributed by atoms with Gasteiger partial charge in [0.25, 0.3) is 0 Å². The fourth-order valence-electron chi connectivity index (χ4n) is 2.00. The van der Waals surface area contributed by atoms with Gasteiger partial charge in [-0.3, -0.25) is 0 Å². The topological polar surface area (TPSA) is 98.9 Å². The molecule has 2 atom stereocenters. The second-order valence-electron chi connectivity index (χ2n) is 5.87. The molecule has 8 heteroatoms. The van der Waals surface area contributed by atoms with Gasteiger partial charge in [0.05, 0.1) is 12.4 Å². The van der Waals surface area contributed by atoms with Crippen LogP contribution in [0.1, 0.15) is 25.5 Å². The molecule has 0 saturated heterocycles. The molecule has 0 radical (unpaired) electrons. The molecule has 7 nitrogen and oxygen atoms in total. The molecule has 0 unspecified atom stereocenters. The molecule has 0 fully saturated rings. The van der Waals surface area contributed by atoms with Crippen LogP contribution < -0.4 is 5.73 Å². The van der Waals surface area contributed by atoms with Crippen LogP contribution in [0.5, 0.6) is 0 Å². The van der Waals surface area contributed by atoms with Crippen molar-refractivity contribution < 1.29 is 22.7 Å². The van der Waals surface area contributed by atoms with Crippen LogP contribution in [-0.2, 0) is 24.3 Å². The Labute approximate surface area is 143 Å². The highest BCUT2D eigenvalue weighted by molar-refractivity contribution is 7.88. The third kappa shape index (κ3) is 6.96. The van der Waals surface area contributed by atoms with Crippen molar-refractivity contribution in [2.75, 3.05) is 26.5 Å². The molecule has 0 spiro atoms. The Morgan fingerprint density at radius 2 is 1.83 bits per heavy atom. The highest BCUT2D eigenvalue weighted by Gasteiger charge is 2.23. The molecular weight excluding hydrogens is 332 g/mol. The van der Waals surface area contributed by atoms with Gasteiger partial charge >= 0.3 is 5.97 Å².